The molecule has 6 heteroatoms. The van der Waals surface area contributed by atoms with E-state index in [0.29, 0.717) is 18.7 Å². The number of methoxy groups -OCH3 is 1. The molecule has 0 unspecified atom stereocenters. The van der Waals surface area contributed by atoms with Gasteiger partial charge < -0.3 is 26.6 Å². The SMILES string of the molecule is CCN(CC)CCn1c(=O)c(Cc2ccc(OC)cc2)nc2ccccc21.[Cl-].[H+]. The molecule has 0 saturated carbocycles. The number of nitrogens with zero attached hydrogens (tertiary/aromatic N) is 3. The fourth-order valence-electron chi connectivity index (χ4n) is 3.30. The molecule has 0 aliphatic carbocycles. The third-order valence-electron chi connectivity index (χ3n) is 4.98. The number of benzene rings is 2. The zero-order chi connectivity index (χ0) is 19.2. The number of rotatable bonds is 8. The largest absolute Gasteiger partial charge is 1.00 e. The molecule has 0 spiro atoms. The van der Waals surface area contributed by atoms with Crippen LogP contribution in [-0.4, -0.2) is 41.2 Å². The average molecular weight is 402 g/mol. The summed E-state index contributed by atoms with van der Waals surface area (Å²) in [6.45, 7) is 7.76. The van der Waals surface area contributed by atoms with Crippen molar-refractivity contribution in [1.29, 1.82) is 0 Å². The Balaban J connectivity index is 0.00000210. The molecule has 0 fully saturated rings. The van der Waals surface area contributed by atoms with Crippen molar-refractivity contribution in [2.45, 2.75) is 26.8 Å². The molecule has 3 rings (SSSR count). The van der Waals surface area contributed by atoms with Crippen LogP contribution in [0.3, 0.4) is 0 Å². The highest BCUT2D eigenvalue weighted by Gasteiger charge is 2.12. The average Bonchev–Trinajstić information content (AvgIpc) is 2.71. The predicted octanol–water partition coefficient (Wildman–Crippen LogP) is 0.454. The summed E-state index contributed by atoms with van der Waals surface area (Å²) < 4.78 is 7.08. The Morgan fingerprint density at radius 1 is 1.07 bits per heavy atom. The van der Waals surface area contributed by atoms with Gasteiger partial charge >= 0.3 is 1.43 Å². The van der Waals surface area contributed by atoms with Gasteiger partial charge in [-0.15, -0.1) is 0 Å². The first-order valence-electron chi connectivity index (χ1n) is 9.50. The van der Waals surface area contributed by atoms with Gasteiger partial charge in [-0.1, -0.05) is 38.1 Å². The molecule has 2 aromatic carbocycles. The van der Waals surface area contributed by atoms with Crippen LogP contribution < -0.4 is 22.7 Å². The van der Waals surface area contributed by atoms with Crippen molar-refractivity contribution in [2.24, 2.45) is 0 Å². The Bertz CT molecular complexity index is 956. The number of hydrogen-bond donors (Lipinski definition) is 0. The summed E-state index contributed by atoms with van der Waals surface area (Å²) in [6, 6.07) is 15.7. The molecule has 150 valence electrons. The molecule has 0 saturated heterocycles. The third kappa shape index (κ3) is 4.91. The molecule has 0 N–H and O–H groups in total. The van der Waals surface area contributed by atoms with Crippen LogP contribution >= 0.6 is 0 Å². The number of para-hydroxylation sites is 2. The maximum absolute atomic E-state index is 13.2. The van der Waals surface area contributed by atoms with E-state index in [0.717, 1.165) is 42.0 Å². The Morgan fingerprint density at radius 2 is 1.75 bits per heavy atom. The van der Waals surface area contributed by atoms with E-state index in [4.69, 9.17) is 4.74 Å². The van der Waals surface area contributed by atoms with Crippen LogP contribution in [0.1, 0.15) is 26.5 Å². The topological polar surface area (TPSA) is 47.4 Å². The van der Waals surface area contributed by atoms with E-state index < -0.39 is 0 Å². The van der Waals surface area contributed by atoms with E-state index in [-0.39, 0.29) is 19.4 Å². The van der Waals surface area contributed by atoms with E-state index in [1.807, 2.05) is 53.1 Å². The first-order chi connectivity index (χ1) is 13.2. The molecule has 1 aromatic heterocycles. The molecule has 0 aliphatic heterocycles. The number of ether oxygens (including phenoxy) is 1. The van der Waals surface area contributed by atoms with Crippen LogP contribution in [0.4, 0.5) is 0 Å². The first kappa shape index (κ1) is 21.9. The smallest absolute Gasteiger partial charge is 1.00 e. The van der Waals surface area contributed by atoms with Crippen molar-refractivity contribution in [3.8, 4) is 5.75 Å². The summed E-state index contributed by atoms with van der Waals surface area (Å²) in [5.74, 6) is 0.807. The van der Waals surface area contributed by atoms with Gasteiger partial charge in [-0.3, -0.25) is 4.79 Å². The zero-order valence-corrected chi connectivity index (χ0v) is 17.4. The Labute approximate surface area is 173 Å². The molecule has 0 radical (unpaired) electrons. The highest BCUT2D eigenvalue weighted by molar-refractivity contribution is 5.74. The molecule has 0 atom stereocenters. The molecule has 3 aromatic rings. The lowest BCUT2D eigenvalue weighted by molar-refractivity contribution is -0.00000607. The highest BCUT2D eigenvalue weighted by Crippen LogP contribution is 2.15. The van der Waals surface area contributed by atoms with Gasteiger partial charge in [0, 0.05) is 19.5 Å². The van der Waals surface area contributed by atoms with Gasteiger partial charge in [0.15, 0.2) is 0 Å². The number of fused-ring (bicyclic) bond motifs is 1. The number of aromatic nitrogens is 2. The van der Waals surface area contributed by atoms with Gasteiger partial charge in [-0.25, -0.2) is 4.98 Å². The van der Waals surface area contributed by atoms with Crippen LogP contribution in [0.2, 0.25) is 0 Å². The molecule has 5 nitrogen and oxygen atoms in total. The van der Waals surface area contributed by atoms with E-state index >= 15 is 0 Å². The van der Waals surface area contributed by atoms with E-state index in [2.05, 4.69) is 23.7 Å². The third-order valence-corrected chi connectivity index (χ3v) is 4.98. The van der Waals surface area contributed by atoms with E-state index in [9.17, 15) is 4.79 Å². The zero-order valence-electron chi connectivity index (χ0n) is 17.7. The Kier molecular flexibility index (Phi) is 8.03. The lowest BCUT2D eigenvalue weighted by atomic mass is 10.1. The second-order valence-corrected chi connectivity index (χ2v) is 6.56. The lowest BCUT2D eigenvalue weighted by Crippen LogP contribution is -3.00. The highest BCUT2D eigenvalue weighted by atomic mass is 35.5. The number of halogens is 1. The second kappa shape index (κ2) is 10.2. The van der Waals surface area contributed by atoms with Crippen LogP contribution in [-0.2, 0) is 13.0 Å². The van der Waals surface area contributed by atoms with Crippen molar-refractivity contribution in [3.63, 3.8) is 0 Å². The fraction of sp³-hybridized carbons (Fsp3) is 0.364. The van der Waals surface area contributed by atoms with Gasteiger partial charge in [0.1, 0.15) is 11.4 Å². The summed E-state index contributed by atoms with van der Waals surface area (Å²) in [7, 11) is 1.65. The minimum atomic E-state index is -0.00308. The van der Waals surface area contributed by atoms with Gasteiger partial charge in [-0.2, -0.15) is 0 Å². The minimum Gasteiger partial charge on any atom is -1.00 e. The van der Waals surface area contributed by atoms with Crippen LogP contribution in [0.25, 0.3) is 11.0 Å². The molecular weight excluding hydrogens is 374 g/mol. The van der Waals surface area contributed by atoms with E-state index in [1.54, 1.807) is 7.11 Å². The van der Waals surface area contributed by atoms with Crippen LogP contribution in [0.15, 0.2) is 53.3 Å². The summed E-state index contributed by atoms with van der Waals surface area (Å²) in [6.07, 6.45) is 0.513. The predicted molar refractivity (Wildman–Crippen MR) is 111 cm³/mol. The van der Waals surface area contributed by atoms with Crippen molar-refractivity contribution in [2.75, 3.05) is 26.7 Å². The van der Waals surface area contributed by atoms with Gasteiger partial charge in [0.25, 0.3) is 5.56 Å². The van der Waals surface area contributed by atoms with E-state index in [1.165, 1.54) is 0 Å². The number of likely N-dealkylation sites (N-methyl/N-ethyl adjacent to an activating group) is 1. The molecule has 28 heavy (non-hydrogen) atoms. The molecule has 0 bridgehead atoms. The molecule has 0 amide bonds. The van der Waals surface area contributed by atoms with Gasteiger partial charge in [0.2, 0.25) is 0 Å². The summed E-state index contributed by atoms with van der Waals surface area (Å²) in [5, 5.41) is 0. The molecule has 0 aliphatic rings. The standard InChI is InChI=1S/C22H27N3O2.ClH/c1-4-24(5-2)14-15-25-21-9-7-6-8-19(21)23-20(22(25)26)16-17-10-12-18(27-3)13-11-17;/h6-13H,4-5,14-16H2,1-3H3;1H. The first-order valence-corrected chi connectivity index (χ1v) is 9.50. The Hall–Kier alpha value is -2.37. The lowest BCUT2D eigenvalue weighted by Gasteiger charge is -2.20. The van der Waals surface area contributed by atoms with Crippen LogP contribution in [0, 0.1) is 0 Å². The molecular formula is C22H28ClN3O2. The monoisotopic (exact) mass is 401 g/mol. The van der Waals surface area contributed by atoms with Crippen molar-refractivity contribution < 1.29 is 18.6 Å². The quantitative estimate of drug-likeness (QED) is 0.550. The minimum absolute atomic E-state index is 0. The maximum Gasteiger partial charge on any atom is 1.00 e. The van der Waals surface area contributed by atoms with Gasteiger partial charge in [0.05, 0.1) is 18.1 Å². The van der Waals surface area contributed by atoms with Crippen molar-refractivity contribution in [3.05, 3.63) is 70.1 Å². The Morgan fingerprint density at radius 3 is 2.39 bits per heavy atom. The molecule has 1 heterocycles. The summed E-state index contributed by atoms with van der Waals surface area (Å²) in [5.41, 5.74) is 3.38. The second-order valence-electron chi connectivity index (χ2n) is 6.56. The maximum atomic E-state index is 13.2. The number of hydrogen-bond acceptors (Lipinski definition) is 4. The summed E-state index contributed by atoms with van der Waals surface area (Å²) >= 11 is 0. The summed E-state index contributed by atoms with van der Waals surface area (Å²) in [4.78, 5) is 20.1. The normalized spacial score (nSPS) is 10.9. The van der Waals surface area contributed by atoms with Crippen LogP contribution in [0.5, 0.6) is 5.75 Å². The van der Waals surface area contributed by atoms with Crippen molar-refractivity contribution in [1.82, 2.24) is 14.5 Å². The van der Waals surface area contributed by atoms with Crippen molar-refractivity contribution >= 4 is 11.0 Å². The fourth-order valence-corrected chi connectivity index (χ4v) is 3.30. The van der Waals surface area contributed by atoms with Gasteiger partial charge in [-0.05, 0) is 42.9 Å².